The number of nitrogens with two attached hydrogens (primary N) is 1. The molecule has 0 spiro atoms. The van der Waals surface area contributed by atoms with Crippen molar-refractivity contribution in [3.8, 4) is 5.75 Å². The second-order valence-electron chi connectivity index (χ2n) is 3.93. The summed E-state index contributed by atoms with van der Waals surface area (Å²) in [6, 6.07) is 1.75. The Hall–Kier alpha value is -1.76. The zero-order valence-corrected chi connectivity index (χ0v) is 11.4. The van der Waals surface area contributed by atoms with Crippen molar-refractivity contribution in [3.05, 3.63) is 16.3 Å². The molecule has 0 bridgehead atoms. The van der Waals surface area contributed by atoms with Gasteiger partial charge in [0, 0.05) is 19.5 Å². The molecule has 0 aromatic carbocycles. The molecule has 1 heterocycles. The van der Waals surface area contributed by atoms with Crippen LogP contribution in [0.1, 0.15) is 16.6 Å². The highest BCUT2D eigenvalue weighted by atomic mass is 32.1. The minimum atomic E-state index is -0.213. The van der Waals surface area contributed by atoms with Crippen molar-refractivity contribution in [2.75, 3.05) is 20.7 Å². The van der Waals surface area contributed by atoms with E-state index < -0.39 is 0 Å². The topological polar surface area (TPSA) is 88.2 Å². The van der Waals surface area contributed by atoms with Crippen LogP contribution in [0.4, 0.5) is 0 Å². The summed E-state index contributed by atoms with van der Waals surface area (Å²) in [6.07, 6.45) is 0. The highest BCUT2D eigenvalue weighted by molar-refractivity contribution is 7.12. The smallest absolute Gasteiger partial charge is 0.267 e. The highest BCUT2D eigenvalue weighted by Gasteiger charge is 2.20. The van der Waals surface area contributed by atoms with Crippen molar-refractivity contribution >= 4 is 23.1 Å². The molecule has 0 aliphatic rings. The van der Waals surface area contributed by atoms with Gasteiger partial charge in [-0.05, 0) is 11.4 Å². The second-order valence-corrected chi connectivity index (χ2v) is 4.85. The fourth-order valence-corrected chi connectivity index (χ4v) is 2.33. The first-order chi connectivity index (χ1) is 8.51. The van der Waals surface area contributed by atoms with Gasteiger partial charge in [-0.25, -0.2) is 0 Å². The third-order valence-corrected chi connectivity index (χ3v) is 3.44. The lowest BCUT2D eigenvalue weighted by atomic mass is 10.1. The monoisotopic (exact) mass is 271 g/mol. The van der Waals surface area contributed by atoms with Gasteiger partial charge in [-0.2, -0.15) is 0 Å². The predicted octanol–water partition coefficient (Wildman–Crippen LogP) is 1.21. The summed E-state index contributed by atoms with van der Waals surface area (Å²) in [4.78, 5) is 14.2. The summed E-state index contributed by atoms with van der Waals surface area (Å²) in [5.74, 6) is 0.315. The van der Waals surface area contributed by atoms with E-state index >= 15 is 0 Å². The van der Waals surface area contributed by atoms with E-state index in [4.69, 9.17) is 15.7 Å². The van der Waals surface area contributed by atoms with Crippen LogP contribution in [-0.2, 0) is 0 Å². The highest BCUT2D eigenvalue weighted by Crippen LogP contribution is 2.25. The fraction of sp³-hybridized carbons (Fsp3) is 0.455. The number of ether oxygens (including phenoxy) is 1. The third-order valence-electron chi connectivity index (χ3n) is 2.56. The van der Waals surface area contributed by atoms with Gasteiger partial charge in [0.2, 0.25) is 0 Å². The number of nitrogens with zero attached hydrogens (tertiary/aromatic N) is 2. The summed E-state index contributed by atoms with van der Waals surface area (Å²) in [5, 5.41) is 13.3. The average Bonchev–Trinajstić information content (AvgIpc) is 2.84. The number of oxime groups is 1. The van der Waals surface area contributed by atoms with Crippen molar-refractivity contribution in [3.63, 3.8) is 0 Å². The van der Waals surface area contributed by atoms with Crippen molar-refractivity contribution in [1.29, 1.82) is 0 Å². The maximum absolute atomic E-state index is 12.1. The van der Waals surface area contributed by atoms with Crippen LogP contribution in [-0.4, -0.2) is 42.6 Å². The molecule has 0 aliphatic carbocycles. The quantitative estimate of drug-likeness (QED) is 0.365. The Labute approximate surface area is 110 Å². The lowest BCUT2D eigenvalue weighted by molar-refractivity contribution is 0.0788. The van der Waals surface area contributed by atoms with Gasteiger partial charge in [-0.3, -0.25) is 4.79 Å². The maximum Gasteiger partial charge on any atom is 0.267 e. The number of carbonyl (C=O) groups excluding carboxylic acids is 1. The van der Waals surface area contributed by atoms with Crippen molar-refractivity contribution in [2.24, 2.45) is 16.8 Å². The average molecular weight is 271 g/mol. The molecule has 7 heteroatoms. The van der Waals surface area contributed by atoms with Gasteiger partial charge >= 0.3 is 0 Å². The van der Waals surface area contributed by atoms with Crippen LogP contribution >= 0.6 is 11.3 Å². The fourth-order valence-electron chi connectivity index (χ4n) is 1.47. The van der Waals surface area contributed by atoms with E-state index in [-0.39, 0.29) is 17.7 Å². The zero-order chi connectivity index (χ0) is 13.7. The molecule has 1 aromatic heterocycles. The van der Waals surface area contributed by atoms with Crippen LogP contribution in [0.3, 0.4) is 0 Å². The Morgan fingerprint density at radius 2 is 2.39 bits per heavy atom. The van der Waals surface area contributed by atoms with Crippen LogP contribution in [0, 0.1) is 5.92 Å². The molecule has 0 aliphatic heterocycles. The Balaban J connectivity index is 2.73. The largest absolute Gasteiger partial charge is 0.495 e. The molecule has 1 amide bonds. The van der Waals surface area contributed by atoms with Crippen LogP contribution in [0.2, 0.25) is 0 Å². The normalized spacial score (nSPS) is 13.2. The number of methoxy groups -OCH3 is 1. The lowest BCUT2D eigenvalue weighted by Gasteiger charge is -2.20. The Morgan fingerprint density at radius 3 is 2.94 bits per heavy atom. The third kappa shape index (κ3) is 3.13. The number of carbonyl (C=O) groups is 1. The summed E-state index contributed by atoms with van der Waals surface area (Å²) < 4.78 is 5.10. The van der Waals surface area contributed by atoms with Gasteiger partial charge in [-0.1, -0.05) is 12.1 Å². The van der Waals surface area contributed by atoms with E-state index in [1.165, 1.54) is 23.3 Å². The Morgan fingerprint density at radius 1 is 1.72 bits per heavy atom. The molecule has 1 aromatic rings. The van der Waals surface area contributed by atoms with Crippen LogP contribution in [0.15, 0.2) is 16.6 Å². The molecular formula is C11H17N3O3S. The van der Waals surface area contributed by atoms with Crippen molar-refractivity contribution in [1.82, 2.24) is 4.90 Å². The number of amides is 1. The van der Waals surface area contributed by atoms with Gasteiger partial charge in [-0.15, -0.1) is 11.3 Å². The minimum absolute atomic E-state index is 0.104. The number of hydrogen-bond donors (Lipinski definition) is 2. The molecule has 1 rings (SSSR count). The van der Waals surface area contributed by atoms with Crippen molar-refractivity contribution in [2.45, 2.75) is 6.92 Å². The summed E-state index contributed by atoms with van der Waals surface area (Å²) in [5.41, 5.74) is 5.48. The van der Waals surface area contributed by atoms with Gasteiger partial charge in [0.15, 0.2) is 0 Å². The summed E-state index contributed by atoms with van der Waals surface area (Å²) in [7, 11) is 3.19. The summed E-state index contributed by atoms with van der Waals surface area (Å²) >= 11 is 1.32. The Bertz CT molecular complexity index is 444. The van der Waals surface area contributed by atoms with E-state index in [2.05, 4.69) is 5.16 Å². The van der Waals surface area contributed by atoms with Crippen LogP contribution in [0.25, 0.3) is 0 Å². The molecule has 0 saturated carbocycles. The minimum Gasteiger partial charge on any atom is -0.495 e. The van der Waals surface area contributed by atoms with Gasteiger partial charge in [0.25, 0.3) is 5.91 Å². The molecule has 0 fully saturated rings. The van der Waals surface area contributed by atoms with E-state index in [1.807, 2.05) is 0 Å². The summed E-state index contributed by atoms with van der Waals surface area (Å²) in [6.45, 7) is 2.15. The molecule has 1 atom stereocenters. The van der Waals surface area contributed by atoms with E-state index in [0.29, 0.717) is 17.2 Å². The molecule has 3 N–H and O–H groups in total. The zero-order valence-electron chi connectivity index (χ0n) is 10.6. The molecule has 0 saturated heterocycles. The molecule has 6 nitrogen and oxygen atoms in total. The first-order valence-corrected chi connectivity index (χ1v) is 6.23. The SMILES string of the molecule is COc1ccsc1C(=O)N(C)CC(C)/C(N)=N/O. The second kappa shape index (κ2) is 6.25. The van der Waals surface area contributed by atoms with E-state index in [9.17, 15) is 4.79 Å². The predicted molar refractivity (Wildman–Crippen MR) is 70.4 cm³/mol. The van der Waals surface area contributed by atoms with Gasteiger partial charge < -0.3 is 20.6 Å². The van der Waals surface area contributed by atoms with Gasteiger partial charge in [0.05, 0.1) is 7.11 Å². The number of rotatable bonds is 5. The molecule has 18 heavy (non-hydrogen) atoms. The maximum atomic E-state index is 12.1. The van der Waals surface area contributed by atoms with E-state index in [1.54, 1.807) is 25.4 Å². The Kier molecular flexibility index (Phi) is 4.96. The first kappa shape index (κ1) is 14.3. The molecular weight excluding hydrogens is 254 g/mol. The molecule has 1 unspecified atom stereocenters. The number of amidine groups is 1. The standard InChI is InChI=1S/C11H17N3O3S/c1-7(10(12)13-16)6-14(2)11(15)9-8(17-3)4-5-18-9/h4-5,7,16H,6H2,1-3H3,(H2,12,13). The van der Waals surface area contributed by atoms with Crippen LogP contribution < -0.4 is 10.5 Å². The molecule has 100 valence electrons. The van der Waals surface area contributed by atoms with Gasteiger partial charge in [0.1, 0.15) is 16.5 Å². The van der Waals surface area contributed by atoms with Crippen molar-refractivity contribution < 1.29 is 14.7 Å². The van der Waals surface area contributed by atoms with E-state index in [0.717, 1.165) is 0 Å². The first-order valence-electron chi connectivity index (χ1n) is 5.35. The number of thiophene rings is 1. The number of hydrogen-bond acceptors (Lipinski definition) is 5. The van der Waals surface area contributed by atoms with Crippen LogP contribution in [0.5, 0.6) is 5.75 Å². The molecule has 0 radical (unpaired) electrons. The lowest BCUT2D eigenvalue weighted by Crippen LogP contribution is -2.36.